The Morgan fingerprint density at radius 2 is 2.12 bits per heavy atom. The summed E-state index contributed by atoms with van der Waals surface area (Å²) in [6.45, 7) is 0. The van der Waals surface area contributed by atoms with Crippen LogP contribution in [0.4, 0.5) is 5.95 Å². The predicted octanol–water partition coefficient (Wildman–Crippen LogP) is 2.23. The largest absolute Gasteiger partial charge is 0.497 e. The Labute approximate surface area is 144 Å². The second kappa shape index (κ2) is 6.39. The number of anilines is 1. The molecule has 0 amide bonds. The predicted molar refractivity (Wildman–Crippen MR) is 90.7 cm³/mol. The SMILES string of the molecule is COc1ccc(OC)c([C@@H]2C[C@@H](c3cccnc3)Nc3nnnn32)c1. The fraction of sp³-hybridized carbons (Fsp3) is 0.294. The third-order valence-corrected chi connectivity index (χ3v) is 4.43. The lowest BCUT2D eigenvalue weighted by atomic mass is 9.93. The summed E-state index contributed by atoms with van der Waals surface area (Å²) >= 11 is 0. The Morgan fingerprint density at radius 3 is 2.88 bits per heavy atom. The smallest absolute Gasteiger partial charge is 0.244 e. The molecule has 1 aliphatic heterocycles. The average Bonchev–Trinajstić information content (AvgIpc) is 3.16. The molecule has 3 aromatic rings. The number of hydrogen-bond donors (Lipinski definition) is 1. The van der Waals surface area contributed by atoms with Gasteiger partial charge in [-0.3, -0.25) is 4.98 Å². The molecule has 3 heterocycles. The molecule has 0 bridgehead atoms. The molecule has 1 aromatic carbocycles. The normalized spacial score (nSPS) is 19.0. The van der Waals surface area contributed by atoms with Crippen molar-refractivity contribution < 1.29 is 9.47 Å². The molecule has 4 rings (SSSR count). The molecule has 0 aliphatic carbocycles. The van der Waals surface area contributed by atoms with Crippen LogP contribution in [0.5, 0.6) is 11.5 Å². The number of ether oxygens (including phenoxy) is 2. The third kappa shape index (κ3) is 2.75. The van der Waals surface area contributed by atoms with Gasteiger partial charge in [0, 0.05) is 18.0 Å². The molecule has 8 nitrogen and oxygen atoms in total. The van der Waals surface area contributed by atoms with E-state index in [1.807, 2.05) is 36.5 Å². The quantitative estimate of drug-likeness (QED) is 0.780. The molecule has 128 valence electrons. The fourth-order valence-corrected chi connectivity index (χ4v) is 3.20. The van der Waals surface area contributed by atoms with Gasteiger partial charge in [-0.1, -0.05) is 11.2 Å². The van der Waals surface area contributed by atoms with Crippen LogP contribution < -0.4 is 14.8 Å². The van der Waals surface area contributed by atoms with Crippen molar-refractivity contribution in [2.75, 3.05) is 19.5 Å². The summed E-state index contributed by atoms with van der Waals surface area (Å²) in [7, 11) is 3.31. The molecule has 1 N–H and O–H groups in total. The van der Waals surface area contributed by atoms with E-state index in [2.05, 4.69) is 25.8 Å². The number of rotatable bonds is 4. The number of hydrogen-bond acceptors (Lipinski definition) is 7. The summed E-state index contributed by atoms with van der Waals surface area (Å²) in [5.74, 6) is 2.16. The van der Waals surface area contributed by atoms with Crippen molar-refractivity contribution in [2.45, 2.75) is 18.5 Å². The van der Waals surface area contributed by atoms with Gasteiger partial charge in [0.1, 0.15) is 11.5 Å². The molecule has 0 radical (unpaired) electrons. The topological polar surface area (TPSA) is 87.0 Å². The lowest BCUT2D eigenvalue weighted by molar-refractivity contribution is 0.371. The van der Waals surface area contributed by atoms with Crippen molar-refractivity contribution in [3.05, 3.63) is 53.9 Å². The molecular formula is C17H18N6O2. The van der Waals surface area contributed by atoms with Gasteiger partial charge in [0.2, 0.25) is 5.95 Å². The van der Waals surface area contributed by atoms with Crippen LogP contribution in [0, 0.1) is 0 Å². The van der Waals surface area contributed by atoms with Crippen LogP contribution in [0.25, 0.3) is 0 Å². The van der Waals surface area contributed by atoms with Gasteiger partial charge >= 0.3 is 0 Å². The summed E-state index contributed by atoms with van der Waals surface area (Å²) in [5, 5.41) is 15.5. The van der Waals surface area contributed by atoms with E-state index < -0.39 is 0 Å². The van der Waals surface area contributed by atoms with E-state index in [1.54, 1.807) is 25.1 Å². The second-order valence-corrected chi connectivity index (χ2v) is 5.79. The highest BCUT2D eigenvalue weighted by Gasteiger charge is 2.32. The van der Waals surface area contributed by atoms with E-state index in [4.69, 9.17) is 9.47 Å². The maximum Gasteiger partial charge on any atom is 0.244 e. The summed E-state index contributed by atoms with van der Waals surface area (Å²) in [4.78, 5) is 4.22. The summed E-state index contributed by atoms with van der Waals surface area (Å²) in [5.41, 5.74) is 2.06. The standard InChI is InChI=1S/C17H18N6O2/c1-24-12-5-6-16(25-2)13(8-12)15-9-14(11-4-3-7-18-10-11)19-17-20-21-22-23(15)17/h3-8,10,14-15H,9H2,1-2H3,(H,19,20,22)/t14-,15-/m0/s1. The van der Waals surface area contributed by atoms with Crippen LogP contribution in [0.1, 0.15) is 29.6 Å². The average molecular weight is 338 g/mol. The zero-order chi connectivity index (χ0) is 17.2. The lowest BCUT2D eigenvalue weighted by Crippen LogP contribution is -2.28. The molecule has 8 heteroatoms. The molecule has 0 unspecified atom stereocenters. The highest BCUT2D eigenvalue weighted by atomic mass is 16.5. The van der Waals surface area contributed by atoms with Crippen molar-refractivity contribution >= 4 is 5.95 Å². The maximum atomic E-state index is 5.56. The van der Waals surface area contributed by atoms with E-state index in [-0.39, 0.29) is 12.1 Å². The van der Waals surface area contributed by atoms with Crippen LogP contribution >= 0.6 is 0 Å². The first kappa shape index (κ1) is 15.4. The molecule has 1 aliphatic rings. The number of tetrazole rings is 1. The fourth-order valence-electron chi connectivity index (χ4n) is 3.20. The van der Waals surface area contributed by atoms with Crippen molar-refractivity contribution in [2.24, 2.45) is 0 Å². The molecule has 0 saturated carbocycles. The highest BCUT2D eigenvalue weighted by molar-refractivity contribution is 5.45. The van der Waals surface area contributed by atoms with Gasteiger partial charge in [0.05, 0.1) is 26.3 Å². The Balaban J connectivity index is 1.79. The first-order chi connectivity index (χ1) is 12.3. The Morgan fingerprint density at radius 1 is 1.20 bits per heavy atom. The minimum atomic E-state index is -0.0819. The van der Waals surface area contributed by atoms with E-state index in [1.165, 1.54) is 0 Å². The number of benzene rings is 1. The van der Waals surface area contributed by atoms with E-state index in [0.717, 1.165) is 29.0 Å². The van der Waals surface area contributed by atoms with Crippen LogP contribution in [0.15, 0.2) is 42.7 Å². The Bertz CT molecular complexity index is 867. The van der Waals surface area contributed by atoms with Crippen molar-refractivity contribution in [1.82, 2.24) is 25.2 Å². The Hall–Kier alpha value is -3.16. The number of nitrogens with zero attached hydrogens (tertiary/aromatic N) is 5. The highest BCUT2D eigenvalue weighted by Crippen LogP contribution is 2.41. The minimum Gasteiger partial charge on any atom is -0.497 e. The molecule has 25 heavy (non-hydrogen) atoms. The van der Waals surface area contributed by atoms with E-state index in [0.29, 0.717) is 5.95 Å². The zero-order valence-electron chi connectivity index (χ0n) is 14.0. The second-order valence-electron chi connectivity index (χ2n) is 5.79. The number of fused-ring (bicyclic) bond motifs is 1. The van der Waals surface area contributed by atoms with E-state index in [9.17, 15) is 0 Å². The number of aromatic nitrogens is 5. The van der Waals surface area contributed by atoms with Gasteiger partial charge in [-0.2, -0.15) is 0 Å². The first-order valence-corrected chi connectivity index (χ1v) is 7.96. The lowest BCUT2D eigenvalue weighted by Gasteiger charge is -2.31. The Kier molecular flexibility index (Phi) is 3.93. The van der Waals surface area contributed by atoms with Crippen LogP contribution in [-0.4, -0.2) is 39.4 Å². The van der Waals surface area contributed by atoms with Gasteiger partial charge in [0.25, 0.3) is 0 Å². The first-order valence-electron chi connectivity index (χ1n) is 7.96. The molecule has 0 saturated heterocycles. The monoisotopic (exact) mass is 338 g/mol. The van der Waals surface area contributed by atoms with Gasteiger partial charge in [-0.15, -0.1) is 0 Å². The molecule has 2 atom stereocenters. The summed E-state index contributed by atoms with van der Waals surface area (Å²) < 4.78 is 12.7. The number of nitrogens with one attached hydrogen (secondary N) is 1. The molecule has 2 aromatic heterocycles. The zero-order valence-corrected chi connectivity index (χ0v) is 14.0. The third-order valence-electron chi connectivity index (χ3n) is 4.43. The van der Waals surface area contributed by atoms with Crippen LogP contribution in [0.3, 0.4) is 0 Å². The van der Waals surface area contributed by atoms with Gasteiger partial charge in [-0.25, -0.2) is 4.68 Å². The van der Waals surface area contributed by atoms with Crippen molar-refractivity contribution in [1.29, 1.82) is 0 Å². The van der Waals surface area contributed by atoms with Crippen molar-refractivity contribution in [3.63, 3.8) is 0 Å². The van der Waals surface area contributed by atoms with Gasteiger partial charge in [0.15, 0.2) is 0 Å². The van der Waals surface area contributed by atoms with Crippen LogP contribution in [0.2, 0.25) is 0 Å². The van der Waals surface area contributed by atoms with Gasteiger partial charge < -0.3 is 14.8 Å². The van der Waals surface area contributed by atoms with E-state index >= 15 is 0 Å². The maximum absolute atomic E-state index is 5.56. The molecule has 0 fully saturated rings. The minimum absolute atomic E-state index is 0.0492. The summed E-state index contributed by atoms with van der Waals surface area (Å²) in [6.07, 6.45) is 4.38. The van der Waals surface area contributed by atoms with Gasteiger partial charge in [-0.05, 0) is 46.7 Å². The molecule has 0 spiro atoms. The van der Waals surface area contributed by atoms with Crippen molar-refractivity contribution in [3.8, 4) is 11.5 Å². The molecular weight excluding hydrogens is 320 g/mol. The number of pyridine rings is 1. The van der Waals surface area contributed by atoms with Crippen LogP contribution in [-0.2, 0) is 0 Å². The number of methoxy groups -OCH3 is 2. The summed E-state index contributed by atoms with van der Waals surface area (Å²) in [6, 6.07) is 9.69.